The molecule has 21 nitrogen and oxygen atoms in total. The maximum atomic E-state index is 10.5. The van der Waals surface area contributed by atoms with E-state index >= 15 is 0 Å². The minimum Gasteiger partial charge on any atom is -0.748 e. The number of hydrogen-bond donors (Lipinski definition) is 0. The standard InChI is InChI=1S/C55H112O21S.Na/c1-2-3-4-5-6-7-8-9-10-11-12-13-14-15-16-17-19-59-21-23-61-25-27-63-29-31-65-33-35-67-37-39-69-41-43-71-45-47-73-49-51-75-53-54-76-52-50-74-48-46-72-44-42-70-40-38-68-36-34-66-32-30-64-28-26-62-24-22-60-20-18-55-77(56,57)58;/h2-55H2,1H3,(H,56,57,58);/q;+1/p-1. The molecular weight excluding hydrogens is 1050 g/mol. The molecule has 0 aliphatic heterocycles. The average molecular weight is 1160 g/mol. The van der Waals surface area contributed by atoms with Crippen molar-refractivity contribution >= 4 is 10.1 Å². The first-order valence-corrected chi connectivity index (χ1v) is 31.0. The van der Waals surface area contributed by atoms with E-state index in [1.165, 1.54) is 96.3 Å². The van der Waals surface area contributed by atoms with Crippen LogP contribution >= 0.6 is 0 Å². The summed E-state index contributed by atoms with van der Waals surface area (Å²) in [5, 5.41) is 0. The van der Waals surface area contributed by atoms with Gasteiger partial charge < -0.3 is 89.8 Å². The zero-order valence-corrected chi connectivity index (χ0v) is 52.0. The third kappa shape index (κ3) is 78.3. The van der Waals surface area contributed by atoms with Gasteiger partial charge in [0, 0.05) is 19.0 Å². The number of hydrogen-bond acceptors (Lipinski definition) is 21. The van der Waals surface area contributed by atoms with Gasteiger partial charge >= 0.3 is 29.6 Å². The third-order valence-electron chi connectivity index (χ3n) is 11.1. The Morgan fingerprint density at radius 2 is 0.333 bits per heavy atom. The second-order valence-corrected chi connectivity index (χ2v) is 19.5. The smallest absolute Gasteiger partial charge is 0.748 e. The Labute approximate surface area is 495 Å². The SMILES string of the molecule is CCCCCCCCCCCCCCCCCCOCCOCCOCCOCCOCCOCCOCCOCCOCCOCCOCCOCCOCCOCCOCCOCCOCCOCCCS(=O)(=O)[O-].[Na+]. The maximum Gasteiger partial charge on any atom is 1.00 e. The fourth-order valence-corrected chi connectivity index (χ4v) is 7.40. The summed E-state index contributed by atoms with van der Waals surface area (Å²) in [5.41, 5.74) is 0. The van der Waals surface area contributed by atoms with Gasteiger partial charge in [0.15, 0.2) is 0 Å². The zero-order valence-electron chi connectivity index (χ0n) is 49.2. The second-order valence-electron chi connectivity index (χ2n) is 17.9. The van der Waals surface area contributed by atoms with Crippen molar-refractivity contribution in [3.05, 3.63) is 0 Å². The van der Waals surface area contributed by atoms with Crippen molar-refractivity contribution in [1.82, 2.24) is 0 Å². The van der Waals surface area contributed by atoms with Gasteiger partial charge in [0.2, 0.25) is 0 Å². The Bertz CT molecular complexity index is 1180. The van der Waals surface area contributed by atoms with Gasteiger partial charge in [0.05, 0.1) is 235 Å². The van der Waals surface area contributed by atoms with Gasteiger partial charge in [-0.2, -0.15) is 0 Å². The average Bonchev–Trinajstić information content (AvgIpc) is 3.42. The normalized spacial score (nSPS) is 11.8. The van der Waals surface area contributed by atoms with Gasteiger partial charge in [-0.05, 0) is 12.8 Å². The van der Waals surface area contributed by atoms with E-state index in [4.69, 9.17) is 85.3 Å². The molecule has 464 valence electrons. The molecule has 0 radical (unpaired) electrons. The summed E-state index contributed by atoms with van der Waals surface area (Å²) in [7, 11) is -4.18. The molecule has 0 aliphatic carbocycles. The van der Waals surface area contributed by atoms with E-state index in [1.807, 2.05) is 0 Å². The zero-order chi connectivity index (χ0) is 55.4. The van der Waals surface area contributed by atoms with Crippen molar-refractivity contribution in [2.24, 2.45) is 0 Å². The summed E-state index contributed by atoms with van der Waals surface area (Å²) >= 11 is 0. The Morgan fingerprint density at radius 1 is 0.205 bits per heavy atom. The van der Waals surface area contributed by atoms with Crippen LogP contribution in [0.3, 0.4) is 0 Å². The van der Waals surface area contributed by atoms with Crippen LogP contribution in [0.1, 0.15) is 116 Å². The molecule has 0 aromatic heterocycles. The van der Waals surface area contributed by atoms with Crippen molar-refractivity contribution in [2.45, 2.75) is 116 Å². The molecule has 0 unspecified atom stereocenters. The summed E-state index contributed by atoms with van der Waals surface area (Å²) in [6.07, 6.45) is 22.3. The molecular formula is C55H111NaO21S. The quantitative estimate of drug-likeness (QED) is 0.0483. The van der Waals surface area contributed by atoms with E-state index in [9.17, 15) is 13.0 Å². The molecule has 0 aliphatic rings. The van der Waals surface area contributed by atoms with Crippen LogP contribution in [-0.4, -0.2) is 257 Å². The molecule has 0 rings (SSSR count). The molecule has 0 atom stereocenters. The first-order valence-electron chi connectivity index (χ1n) is 29.4. The van der Waals surface area contributed by atoms with Crippen LogP contribution in [0.4, 0.5) is 0 Å². The van der Waals surface area contributed by atoms with E-state index in [-0.39, 0.29) is 42.6 Å². The van der Waals surface area contributed by atoms with Crippen molar-refractivity contribution in [3.63, 3.8) is 0 Å². The van der Waals surface area contributed by atoms with Crippen LogP contribution in [0.15, 0.2) is 0 Å². The fourth-order valence-electron chi connectivity index (χ4n) is 6.93. The number of rotatable bonds is 72. The summed E-state index contributed by atoms with van der Waals surface area (Å²) in [6, 6.07) is 0. The van der Waals surface area contributed by atoms with Crippen molar-refractivity contribution in [2.75, 3.05) is 244 Å². The van der Waals surface area contributed by atoms with Crippen molar-refractivity contribution in [3.8, 4) is 0 Å². The first-order chi connectivity index (χ1) is 38.1. The molecule has 0 saturated heterocycles. The molecule has 0 N–H and O–H groups in total. The monoisotopic (exact) mass is 1160 g/mol. The third-order valence-corrected chi connectivity index (χ3v) is 11.9. The molecule has 0 heterocycles. The molecule has 23 heteroatoms. The topological polar surface area (TPSA) is 223 Å². The molecule has 78 heavy (non-hydrogen) atoms. The van der Waals surface area contributed by atoms with E-state index in [1.54, 1.807) is 0 Å². The van der Waals surface area contributed by atoms with Gasteiger partial charge in [-0.25, -0.2) is 8.42 Å². The van der Waals surface area contributed by atoms with Gasteiger partial charge in [-0.3, -0.25) is 0 Å². The van der Waals surface area contributed by atoms with Gasteiger partial charge in [-0.1, -0.05) is 103 Å². The number of unbranched alkanes of at least 4 members (excludes halogenated alkanes) is 15. The molecule has 0 aromatic carbocycles. The fraction of sp³-hybridized carbons (Fsp3) is 1.00. The van der Waals surface area contributed by atoms with Crippen LogP contribution < -0.4 is 29.6 Å². The van der Waals surface area contributed by atoms with Crippen LogP contribution in [0.25, 0.3) is 0 Å². The van der Waals surface area contributed by atoms with Crippen LogP contribution in [0, 0.1) is 0 Å². The maximum absolute atomic E-state index is 10.5. The first kappa shape index (κ1) is 80.3. The van der Waals surface area contributed by atoms with Gasteiger partial charge in [0.1, 0.15) is 0 Å². The largest absolute Gasteiger partial charge is 1.00 e. The second kappa shape index (κ2) is 73.3. The van der Waals surface area contributed by atoms with Crippen LogP contribution in [0.5, 0.6) is 0 Å². The number of ether oxygens (including phenoxy) is 18. The van der Waals surface area contributed by atoms with Crippen LogP contribution in [0.2, 0.25) is 0 Å². The molecule has 0 aromatic rings. The van der Waals surface area contributed by atoms with Crippen molar-refractivity contribution in [1.29, 1.82) is 0 Å². The van der Waals surface area contributed by atoms with Crippen LogP contribution in [-0.2, 0) is 95.4 Å². The summed E-state index contributed by atoms with van der Waals surface area (Å²) in [5.74, 6) is -0.419. The van der Waals surface area contributed by atoms with E-state index in [0.29, 0.717) is 225 Å². The molecule has 0 fully saturated rings. The van der Waals surface area contributed by atoms with E-state index in [2.05, 4.69) is 6.92 Å². The minimum atomic E-state index is -4.18. The Morgan fingerprint density at radius 3 is 0.487 bits per heavy atom. The predicted octanol–water partition coefficient (Wildman–Crippen LogP) is 3.49. The summed E-state index contributed by atoms with van der Waals surface area (Å²) in [4.78, 5) is 0. The minimum absolute atomic E-state index is 0. The predicted molar refractivity (Wildman–Crippen MR) is 293 cm³/mol. The molecule has 0 spiro atoms. The summed E-state index contributed by atoms with van der Waals surface area (Å²) < 4.78 is 130. The molecule has 0 bridgehead atoms. The Hall–Kier alpha value is 0.190. The van der Waals surface area contributed by atoms with Crippen molar-refractivity contribution < 1.29 is 128 Å². The Balaban J connectivity index is 0. The molecule has 0 amide bonds. The van der Waals surface area contributed by atoms with E-state index < -0.39 is 15.9 Å². The van der Waals surface area contributed by atoms with Gasteiger partial charge in [0.25, 0.3) is 0 Å². The molecule has 0 saturated carbocycles. The van der Waals surface area contributed by atoms with E-state index in [0.717, 1.165) is 13.0 Å². The van der Waals surface area contributed by atoms with Gasteiger partial charge in [-0.15, -0.1) is 0 Å². The summed E-state index contributed by atoms with van der Waals surface area (Å²) in [6.45, 7) is 19.8. The Kier molecular flexibility index (Phi) is 75.4.